The van der Waals surface area contributed by atoms with Gasteiger partial charge >= 0.3 is 0 Å². The molecule has 1 aromatic rings. The molecule has 0 fully saturated rings. The Morgan fingerprint density at radius 3 is 2.86 bits per heavy atom. The van der Waals surface area contributed by atoms with Crippen molar-refractivity contribution in [2.45, 2.75) is 33.2 Å². The Hall–Kier alpha value is -1.09. The zero-order valence-corrected chi connectivity index (χ0v) is 8.89. The average molecular weight is 194 g/mol. The Kier molecular flexibility index (Phi) is 4.40. The molecule has 0 amide bonds. The van der Waals surface area contributed by atoms with Crippen LogP contribution in [0.5, 0.6) is 0 Å². The summed E-state index contributed by atoms with van der Waals surface area (Å²) in [4.78, 5) is 14.2. The molecule has 2 N–H and O–H groups in total. The monoisotopic (exact) mass is 194 g/mol. The van der Waals surface area contributed by atoms with Gasteiger partial charge < -0.3 is 10.3 Å². The van der Waals surface area contributed by atoms with Crippen LogP contribution in [0.3, 0.4) is 0 Å². The molecule has 0 spiro atoms. The Bertz CT molecular complexity index is 330. The van der Waals surface area contributed by atoms with Crippen molar-refractivity contribution < 1.29 is 0 Å². The van der Waals surface area contributed by atoms with Crippen molar-refractivity contribution >= 4 is 0 Å². The van der Waals surface area contributed by atoms with Gasteiger partial charge in [-0.1, -0.05) is 19.4 Å². The standard InChI is InChI=1S/C11H18N2O/c1-3-4-7-12-8-10-6-5-9(2)13-11(10)14/h5-6,12H,3-4,7-8H2,1-2H3,(H,13,14). The summed E-state index contributed by atoms with van der Waals surface area (Å²) in [6.07, 6.45) is 2.33. The van der Waals surface area contributed by atoms with Crippen molar-refractivity contribution in [1.29, 1.82) is 0 Å². The summed E-state index contributed by atoms with van der Waals surface area (Å²) in [7, 11) is 0. The van der Waals surface area contributed by atoms with E-state index in [0.29, 0.717) is 6.54 Å². The van der Waals surface area contributed by atoms with Crippen LogP contribution in [-0.2, 0) is 6.54 Å². The van der Waals surface area contributed by atoms with Crippen LogP contribution in [0.4, 0.5) is 0 Å². The molecular weight excluding hydrogens is 176 g/mol. The summed E-state index contributed by atoms with van der Waals surface area (Å²) in [6.45, 7) is 5.68. The number of hydrogen-bond donors (Lipinski definition) is 2. The molecule has 3 nitrogen and oxygen atoms in total. The fourth-order valence-electron chi connectivity index (χ4n) is 1.27. The number of pyridine rings is 1. The first kappa shape index (κ1) is 11.0. The van der Waals surface area contributed by atoms with Crippen LogP contribution < -0.4 is 10.9 Å². The van der Waals surface area contributed by atoms with E-state index in [2.05, 4.69) is 17.2 Å². The quantitative estimate of drug-likeness (QED) is 0.699. The van der Waals surface area contributed by atoms with Gasteiger partial charge in [0, 0.05) is 17.8 Å². The topological polar surface area (TPSA) is 44.9 Å². The van der Waals surface area contributed by atoms with E-state index in [0.717, 1.165) is 24.2 Å². The van der Waals surface area contributed by atoms with Crippen LogP contribution in [0, 0.1) is 6.92 Å². The first-order chi connectivity index (χ1) is 6.74. The number of aromatic nitrogens is 1. The maximum atomic E-state index is 11.4. The average Bonchev–Trinajstić information content (AvgIpc) is 2.15. The van der Waals surface area contributed by atoms with Gasteiger partial charge in [0.25, 0.3) is 5.56 Å². The lowest BCUT2D eigenvalue weighted by molar-refractivity contribution is 0.638. The number of H-pyrrole nitrogens is 1. The van der Waals surface area contributed by atoms with Crippen molar-refractivity contribution in [2.75, 3.05) is 6.54 Å². The summed E-state index contributed by atoms with van der Waals surface area (Å²) in [5.74, 6) is 0. The zero-order valence-electron chi connectivity index (χ0n) is 8.89. The van der Waals surface area contributed by atoms with E-state index in [9.17, 15) is 4.79 Å². The first-order valence-electron chi connectivity index (χ1n) is 5.13. The van der Waals surface area contributed by atoms with E-state index >= 15 is 0 Å². The lowest BCUT2D eigenvalue weighted by Crippen LogP contribution is -2.21. The van der Waals surface area contributed by atoms with E-state index in [1.165, 1.54) is 6.42 Å². The summed E-state index contributed by atoms with van der Waals surface area (Å²) < 4.78 is 0. The molecule has 14 heavy (non-hydrogen) atoms. The first-order valence-corrected chi connectivity index (χ1v) is 5.13. The van der Waals surface area contributed by atoms with Crippen LogP contribution in [0.2, 0.25) is 0 Å². The maximum absolute atomic E-state index is 11.4. The summed E-state index contributed by atoms with van der Waals surface area (Å²) in [5.41, 5.74) is 1.74. The van der Waals surface area contributed by atoms with E-state index < -0.39 is 0 Å². The highest BCUT2D eigenvalue weighted by Gasteiger charge is 1.97. The molecule has 0 aliphatic heterocycles. The van der Waals surface area contributed by atoms with Gasteiger partial charge in [0.05, 0.1) is 0 Å². The third-order valence-electron chi connectivity index (χ3n) is 2.16. The van der Waals surface area contributed by atoms with Crippen LogP contribution >= 0.6 is 0 Å². The van der Waals surface area contributed by atoms with Crippen LogP contribution in [0.1, 0.15) is 31.0 Å². The van der Waals surface area contributed by atoms with Crippen molar-refractivity contribution in [3.8, 4) is 0 Å². The largest absolute Gasteiger partial charge is 0.326 e. The Labute approximate surface area is 84.6 Å². The predicted molar refractivity (Wildman–Crippen MR) is 58.4 cm³/mol. The number of hydrogen-bond acceptors (Lipinski definition) is 2. The normalized spacial score (nSPS) is 10.4. The minimum absolute atomic E-state index is 0.0222. The fraction of sp³-hybridized carbons (Fsp3) is 0.545. The second kappa shape index (κ2) is 5.60. The smallest absolute Gasteiger partial charge is 0.252 e. The molecule has 0 unspecified atom stereocenters. The molecular formula is C11H18N2O. The van der Waals surface area contributed by atoms with E-state index in [4.69, 9.17) is 0 Å². The van der Waals surface area contributed by atoms with Gasteiger partial charge in [-0.05, 0) is 26.0 Å². The minimum atomic E-state index is 0.0222. The highest BCUT2D eigenvalue weighted by molar-refractivity contribution is 5.13. The molecule has 0 aromatic carbocycles. The second-order valence-electron chi connectivity index (χ2n) is 3.53. The maximum Gasteiger partial charge on any atom is 0.252 e. The Balaban J connectivity index is 2.47. The van der Waals surface area contributed by atoms with E-state index in [1.807, 2.05) is 19.1 Å². The molecule has 0 saturated heterocycles. The number of aromatic amines is 1. The molecule has 3 heteroatoms. The van der Waals surface area contributed by atoms with E-state index in [-0.39, 0.29) is 5.56 Å². The van der Waals surface area contributed by atoms with Gasteiger partial charge in [-0.3, -0.25) is 4.79 Å². The van der Waals surface area contributed by atoms with Crippen molar-refractivity contribution in [3.63, 3.8) is 0 Å². The molecule has 0 bridgehead atoms. The molecule has 1 heterocycles. The van der Waals surface area contributed by atoms with Gasteiger partial charge in [-0.15, -0.1) is 0 Å². The summed E-state index contributed by atoms with van der Waals surface area (Å²) in [5, 5.41) is 3.24. The zero-order chi connectivity index (χ0) is 10.4. The van der Waals surface area contributed by atoms with Gasteiger partial charge in [0.2, 0.25) is 0 Å². The number of aryl methyl sites for hydroxylation is 1. The van der Waals surface area contributed by atoms with Crippen LogP contribution in [-0.4, -0.2) is 11.5 Å². The minimum Gasteiger partial charge on any atom is -0.326 e. The molecule has 0 aliphatic rings. The predicted octanol–water partition coefficient (Wildman–Crippen LogP) is 1.57. The molecule has 1 rings (SSSR count). The van der Waals surface area contributed by atoms with Gasteiger partial charge in [0.15, 0.2) is 0 Å². The Morgan fingerprint density at radius 1 is 1.43 bits per heavy atom. The molecule has 0 atom stereocenters. The van der Waals surface area contributed by atoms with Gasteiger partial charge in [-0.2, -0.15) is 0 Å². The number of nitrogens with one attached hydrogen (secondary N) is 2. The molecule has 0 radical (unpaired) electrons. The highest BCUT2D eigenvalue weighted by atomic mass is 16.1. The number of unbranched alkanes of at least 4 members (excludes halogenated alkanes) is 1. The van der Waals surface area contributed by atoms with Crippen LogP contribution in [0.15, 0.2) is 16.9 Å². The number of rotatable bonds is 5. The molecule has 1 aromatic heterocycles. The van der Waals surface area contributed by atoms with Crippen LogP contribution in [0.25, 0.3) is 0 Å². The summed E-state index contributed by atoms with van der Waals surface area (Å²) in [6, 6.07) is 3.81. The second-order valence-corrected chi connectivity index (χ2v) is 3.53. The lowest BCUT2D eigenvalue weighted by Gasteiger charge is -2.03. The third kappa shape index (κ3) is 3.34. The SMILES string of the molecule is CCCCNCc1ccc(C)[nH]c1=O. The molecule has 0 saturated carbocycles. The molecule has 78 valence electrons. The van der Waals surface area contributed by atoms with Gasteiger partial charge in [-0.25, -0.2) is 0 Å². The Morgan fingerprint density at radius 2 is 2.21 bits per heavy atom. The highest BCUT2D eigenvalue weighted by Crippen LogP contribution is 1.93. The summed E-state index contributed by atoms with van der Waals surface area (Å²) >= 11 is 0. The van der Waals surface area contributed by atoms with Crippen molar-refractivity contribution in [1.82, 2.24) is 10.3 Å². The van der Waals surface area contributed by atoms with E-state index in [1.54, 1.807) is 0 Å². The lowest BCUT2D eigenvalue weighted by atomic mass is 10.2. The van der Waals surface area contributed by atoms with Crippen molar-refractivity contribution in [2.24, 2.45) is 0 Å². The molecule has 0 aliphatic carbocycles. The van der Waals surface area contributed by atoms with Crippen molar-refractivity contribution in [3.05, 3.63) is 33.7 Å². The fourth-order valence-corrected chi connectivity index (χ4v) is 1.27. The van der Waals surface area contributed by atoms with Gasteiger partial charge in [0.1, 0.15) is 0 Å². The third-order valence-corrected chi connectivity index (χ3v) is 2.16.